The summed E-state index contributed by atoms with van der Waals surface area (Å²) in [7, 11) is 0. The summed E-state index contributed by atoms with van der Waals surface area (Å²) >= 11 is 0. The molecule has 0 aromatic heterocycles. The Kier molecular flexibility index (Phi) is 3.17. The summed E-state index contributed by atoms with van der Waals surface area (Å²) in [4.78, 5) is 25.7. The van der Waals surface area contributed by atoms with Crippen LogP contribution in [0.15, 0.2) is 0 Å². The van der Waals surface area contributed by atoms with E-state index in [9.17, 15) is 9.59 Å². The molecule has 4 heteroatoms. The van der Waals surface area contributed by atoms with Gasteiger partial charge in [-0.1, -0.05) is 13.3 Å². The molecule has 1 aliphatic heterocycles. The molecule has 90 valence electrons. The van der Waals surface area contributed by atoms with Crippen LogP contribution >= 0.6 is 0 Å². The molecule has 4 nitrogen and oxygen atoms in total. The fraction of sp³-hybridized carbons (Fsp3) is 0.833. The minimum atomic E-state index is -0.348. The number of piperazine rings is 1. The van der Waals surface area contributed by atoms with E-state index in [1.165, 1.54) is 0 Å². The zero-order valence-corrected chi connectivity index (χ0v) is 10.0. The van der Waals surface area contributed by atoms with Crippen LogP contribution in [0, 0.1) is 5.92 Å². The van der Waals surface area contributed by atoms with Crippen molar-refractivity contribution in [3.05, 3.63) is 0 Å². The molecule has 2 fully saturated rings. The summed E-state index contributed by atoms with van der Waals surface area (Å²) in [5.41, 5.74) is 0. The average Bonchev–Trinajstić information content (AvgIpc) is 3.05. The van der Waals surface area contributed by atoms with E-state index in [0.717, 1.165) is 32.2 Å². The molecule has 1 N–H and O–H groups in total. The number of nitrogens with zero attached hydrogens (tertiary/aromatic N) is 1. The normalized spacial score (nSPS) is 30.5. The maximum atomic E-state index is 12.0. The van der Waals surface area contributed by atoms with Crippen LogP contribution in [0.3, 0.4) is 0 Å². The zero-order valence-electron chi connectivity index (χ0n) is 10.0. The molecule has 2 amide bonds. The van der Waals surface area contributed by atoms with Gasteiger partial charge in [0, 0.05) is 6.54 Å². The second-order valence-corrected chi connectivity index (χ2v) is 4.90. The van der Waals surface area contributed by atoms with Gasteiger partial charge in [0.1, 0.15) is 12.1 Å². The molecule has 0 radical (unpaired) electrons. The van der Waals surface area contributed by atoms with Crippen molar-refractivity contribution in [2.45, 2.75) is 51.6 Å². The van der Waals surface area contributed by atoms with E-state index in [4.69, 9.17) is 0 Å². The summed E-state index contributed by atoms with van der Waals surface area (Å²) in [5, 5.41) is 2.78. The lowest BCUT2D eigenvalue weighted by Crippen LogP contribution is -2.63. The molecule has 1 saturated heterocycles. The van der Waals surface area contributed by atoms with Crippen LogP contribution in [0.1, 0.15) is 39.5 Å². The maximum absolute atomic E-state index is 12.0. The lowest BCUT2D eigenvalue weighted by atomic mass is 10.0. The van der Waals surface area contributed by atoms with Crippen LogP contribution in [-0.2, 0) is 9.59 Å². The molecule has 16 heavy (non-hydrogen) atoms. The lowest BCUT2D eigenvalue weighted by molar-refractivity contribution is -0.149. The standard InChI is InChI=1S/C12H20N2O2/c1-3-4-7-14-10(9-5-6-9)11(15)13-8(2)12(14)16/h8-10H,3-7H2,1-2H3,(H,13,15). The van der Waals surface area contributed by atoms with E-state index in [1.54, 1.807) is 6.92 Å². The third kappa shape index (κ3) is 2.06. The monoisotopic (exact) mass is 224 g/mol. The average molecular weight is 224 g/mol. The summed E-state index contributed by atoms with van der Waals surface area (Å²) < 4.78 is 0. The summed E-state index contributed by atoms with van der Waals surface area (Å²) in [6.45, 7) is 4.60. The first kappa shape index (κ1) is 11.4. The van der Waals surface area contributed by atoms with E-state index < -0.39 is 0 Å². The first-order valence-electron chi connectivity index (χ1n) is 6.26. The second kappa shape index (κ2) is 4.44. The molecule has 0 aromatic carbocycles. The number of hydrogen-bond acceptors (Lipinski definition) is 2. The van der Waals surface area contributed by atoms with E-state index in [0.29, 0.717) is 5.92 Å². The van der Waals surface area contributed by atoms with Gasteiger partial charge in [-0.2, -0.15) is 0 Å². The molecule has 0 bridgehead atoms. The number of nitrogens with one attached hydrogen (secondary N) is 1. The van der Waals surface area contributed by atoms with Gasteiger partial charge >= 0.3 is 0 Å². The third-order valence-electron chi connectivity index (χ3n) is 3.44. The molecule has 2 rings (SSSR count). The van der Waals surface area contributed by atoms with Crippen LogP contribution in [0.4, 0.5) is 0 Å². The van der Waals surface area contributed by atoms with E-state index in [2.05, 4.69) is 12.2 Å². The molecule has 2 aliphatic rings. The van der Waals surface area contributed by atoms with Crippen LogP contribution < -0.4 is 5.32 Å². The Morgan fingerprint density at radius 1 is 1.38 bits per heavy atom. The fourth-order valence-electron chi connectivity index (χ4n) is 2.35. The predicted molar refractivity (Wildman–Crippen MR) is 60.7 cm³/mol. The van der Waals surface area contributed by atoms with Gasteiger partial charge in [-0.25, -0.2) is 0 Å². The van der Waals surface area contributed by atoms with Gasteiger partial charge in [0.2, 0.25) is 11.8 Å². The number of rotatable bonds is 4. The van der Waals surface area contributed by atoms with E-state index in [1.807, 2.05) is 4.90 Å². The number of carbonyl (C=O) groups is 2. The van der Waals surface area contributed by atoms with Gasteiger partial charge in [-0.05, 0) is 32.1 Å². The van der Waals surface area contributed by atoms with Crippen LogP contribution in [0.25, 0.3) is 0 Å². The maximum Gasteiger partial charge on any atom is 0.245 e. The highest BCUT2D eigenvalue weighted by Gasteiger charge is 2.46. The van der Waals surface area contributed by atoms with Crippen molar-refractivity contribution in [2.24, 2.45) is 5.92 Å². The van der Waals surface area contributed by atoms with Crippen LogP contribution in [0.5, 0.6) is 0 Å². The Morgan fingerprint density at radius 3 is 2.62 bits per heavy atom. The van der Waals surface area contributed by atoms with Crippen molar-refractivity contribution in [1.29, 1.82) is 0 Å². The largest absolute Gasteiger partial charge is 0.343 e. The smallest absolute Gasteiger partial charge is 0.245 e. The van der Waals surface area contributed by atoms with Gasteiger partial charge < -0.3 is 10.2 Å². The Morgan fingerprint density at radius 2 is 2.06 bits per heavy atom. The van der Waals surface area contributed by atoms with Crippen molar-refractivity contribution in [3.8, 4) is 0 Å². The van der Waals surface area contributed by atoms with Crippen molar-refractivity contribution in [1.82, 2.24) is 10.2 Å². The van der Waals surface area contributed by atoms with Gasteiger partial charge in [-0.3, -0.25) is 9.59 Å². The Bertz CT molecular complexity index is 299. The van der Waals surface area contributed by atoms with Crippen molar-refractivity contribution in [2.75, 3.05) is 6.54 Å². The highest BCUT2D eigenvalue weighted by atomic mass is 16.2. The van der Waals surface area contributed by atoms with Crippen molar-refractivity contribution in [3.63, 3.8) is 0 Å². The predicted octanol–water partition coefficient (Wildman–Crippen LogP) is 0.912. The first-order valence-corrected chi connectivity index (χ1v) is 6.26. The molecule has 1 aliphatic carbocycles. The molecular formula is C12H20N2O2. The van der Waals surface area contributed by atoms with Crippen molar-refractivity contribution >= 4 is 11.8 Å². The zero-order chi connectivity index (χ0) is 11.7. The third-order valence-corrected chi connectivity index (χ3v) is 3.44. The highest BCUT2D eigenvalue weighted by molar-refractivity contribution is 5.97. The highest BCUT2D eigenvalue weighted by Crippen LogP contribution is 2.37. The minimum Gasteiger partial charge on any atom is -0.343 e. The Hall–Kier alpha value is -1.06. The Balaban J connectivity index is 2.11. The van der Waals surface area contributed by atoms with Crippen molar-refractivity contribution < 1.29 is 9.59 Å². The van der Waals surface area contributed by atoms with Crippen LogP contribution in [-0.4, -0.2) is 35.3 Å². The second-order valence-electron chi connectivity index (χ2n) is 4.90. The fourth-order valence-corrected chi connectivity index (χ4v) is 2.35. The molecule has 2 atom stereocenters. The lowest BCUT2D eigenvalue weighted by Gasteiger charge is -2.38. The Labute approximate surface area is 96.4 Å². The number of carbonyl (C=O) groups excluding carboxylic acids is 2. The van der Waals surface area contributed by atoms with Crippen LogP contribution in [0.2, 0.25) is 0 Å². The van der Waals surface area contributed by atoms with Gasteiger partial charge in [0.05, 0.1) is 0 Å². The van der Waals surface area contributed by atoms with Gasteiger partial charge in [0.25, 0.3) is 0 Å². The topological polar surface area (TPSA) is 49.4 Å². The molecule has 1 saturated carbocycles. The summed E-state index contributed by atoms with van der Waals surface area (Å²) in [6, 6.07) is -0.533. The molecular weight excluding hydrogens is 204 g/mol. The van der Waals surface area contributed by atoms with Gasteiger partial charge in [0.15, 0.2) is 0 Å². The van der Waals surface area contributed by atoms with Gasteiger partial charge in [-0.15, -0.1) is 0 Å². The van der Waals surface area contributed by atoms with E-state index in [-0.39, 0.29) is 23.9 Å². The molecule has 0 spiro atoms. The summed E-state index contributed by atoms with van der Waals surface area (Å²) in [5.74, 6) is 0.545. The number of unbranched alkanes of at least 4 members (excludes halogenated alkanes) is 1. The molecule has 2 unspecified atom stereocenters. The van der Waals surface area contributed by atoms with E-state index >= 15 is 0 Å². The number of hydrogen-bond donors (Lipinski definition) is 1. The number of amides is 2. The quantitative estimate of drug-likeness (QED) is 0.771. The molecule has 0 aromatic rings. The minimum absolute atomic E-state index is 0.0469. The summed E-state index contributed by atoms with van der Waals surface area (Å²) in [6.07, 6.45) is 4.21. The SMILES string of the molecule is CCCCN1C(=O)C(C)NC(=O)C1C1CC1. The first-order chi connectivity index (χ1) is 7.65. The molecule has 1 heterocycles.